The highest BCUT2D eigenvalue weighted by Gasteiger charge is 2.12. The molecule has 1 aromatic rings. The first-order valence-electron chi connectivity index (χ1n) is 6.06. The summed E-state index contributed by atoms with van der Waals surface area (Å²) >= 11 is 0. The molecule has 0 aromatic heterocycles. The second-order valence-corrected chi connectivity index (χ2v) is 4.26. The summed E-state index contributed by atoms with van der Waals surface area (Å²) in [7, 11) is 1.84. The van der Waals surface area contributed by atoms with Crippen LogP contribution in [0.15, 0.2) is 24.3 Å². The molecule has 4 nitrogen and oxygen atoms in total. The number of rotatable bonds is 4. The molecule has 94 valence electrons. The molecule has 0 bridgehead atoms. The first-order chi connectivity index (χ1) is 8.31. The number of anilines is 1. The lowest BCUT2D eigenvalue weighted by atomic mass is 10.1. The van der Waals surface area contributed by atoms with Gasteiger partial charge in [0, 0.05) is 25.3 Å². The lowest BCUT2D eigenvalue weighted by molar-refractivity contribution is 0.122. The number of hydrogen-bond acceptors (Lipinski definition) is 4. The molecule has 0 saturated carbocycles. The summed E-state index contributed by atoms with van der Waals surface area (Å²) in [5, 5.41) is 12.8. The summed E-state index contributed by atoms with van der Waals surface area (Å²) in [4.78, 5) is 2.30. The van der Waals surface area contributed by atoms with Gasteiger partial charge in [-0.15, -0.1) is 0 Å². The van der Waals surface area contributed by atoms with Crippen LogP contribution in [-0.2, 0) is 4.74 Å². The topological polar surface area (TPSA) is 44.7 Å². The van der Waals surface area contributed by atoms with E-state index in [1.54, 1.807) is 0 Å². The predicted molar refractivity (Wildman–Crippen MR) is 68.4 cm³/mol. The normalized spacial score (nSPS) is 18.1. The van der Waals surface area contributed by atoms with Crippen LogP contribution in [0.5, 0.6) is 0 Å². The Hall–Kier alpha value is -1.10. The molecular formula is C13H20N2O2. The maximum absolute atomic E-state index is 9.83. The lowest BCUT2D eigenvalue weighted by Crippen LogP contribution is -2.36. The van der Waals surface area contributed by atoms with Crippen molar-refractivity contribution in [3.63, 3.8) is 0 Å². The number of likely N-dealkylation sites (N-methyl/N-ethyl adjacent to an activating group) is 1. The third-order valence-corrected chi connectivity index (χ3v) is 3.05. The van der Waals surface area contributed by atoms with Gasteiger partial charge in [-0.3, -0.25) is 0 Å². The fourth-order valence-corrected chi connectivity index (χ4v) is 2.04. The molecule has 0 aliphatic carbocycles. The zero-order chi connectivity index (χ0) is 12.1. The van der Waals surface area contributed by atoms with Gasteiger partial charge < -0.3 is 20.1 Å². The quantitative estimate of drug-likeness (QED) is 0.811. The Morgan fingerprint density at radius 3 is 2.53 bits per heavy atom. The van der Waals surface area contributed by atoms with Crippen LogP contribution in [0, 0.1) is 0 Å². The van der Waals surface area contributed by atoms with Gasteiger partial charge in [0.2, 0.25) is 0 Å². The first-order valence-corrected chi connectivity index (χ1v) is 6.06. The second kappa shape index (κ2) is 6.00. The van der Waals surface area contributed by atoms with Crippen molar-refractivity contribution in [2.45, 2.75) is 6.10 Å². The molecular weight excluding hydrogens is 216 g/mol. The maximum atomic E-state index is 9.83. The van der Waals surface area contributed by atoms with E-state index in [9.17, 15) is 5.11 Å². The number of aliphatic hydroxyl groups excluding tert-OH is 1. The Bertz CT molecular complexity index is 334. The van der Waals surface area contributed by atoms with E-state index in [0.29, 0.717) is 6.54 Å². The maximum Gasteiger partial charge on any atom is 0.0914 e. The smallest absolute Gasteiger partial charge is 0.0914 e. The summed E-state index contributed by atoms with van der Waals surface area (Å²) in [5.41, 5.74) is 2.16. The van der Waals surface area contributed by atoms with Crippen molar-refractivity contribution in [2.75, 3.05) is 44.8 Å². The molecule has 1 heterocycles. The van der Waals surface area contributed by atoms with E-state index in [1.807, 2.05) is 19.2 Å². The molecule has 0 spiro atoms. The van der Waals surface area contributed by atoms with Gasteiger partial charge in [-0.1, -0.05) is 12.1 Å². The summed E-state index contributed by atoms with van der Waals surface area (Å²) < 4.78 is 5.33. The number of benzene rings is 1. The van der Waals surface area contributed by atoms with Crippen LogP contribution < -0.4 is 10.2 Å². The van der Waals surface area contributed by atoms with E-state index in [4.69, 9.17) is 4.74 Å². The Labute approximate surface area is 102 Å². The number of nitrogens with one attached hydrogen (secondary N) is 1. The molecule has 1 aliphatic rings. The van der Waals surface area contributed by atoms with Gasteiger partial charge >= 0.3 is 0 Å². The third-order valence-electron chi connectivity index (χ3n) is 3.05. The molecule has 1 atom stereocenters. The van der Waals surface area contributed by atoms with Gasteiger partial charge in [-0.25, -0.2) is 0 Å². The minimum absolute atomic E-state index is 0.432. The van der Waals surface area contributed by atoms with Crippen molar-refractivity contribution in [2.24, 2.45) is 0 Å². The summed E-state index contributed by atoms with van der Waals surface area (Å²) in [5.74, 6) is 0. The number of morpholine rings is 1. The van der Waals surface area contributed by atoms with Gasteiger partial charge in [-0.2, -0.15) is 0 Å². The minimum atomic E-state index is -0.432. The van der Waals surface area contributed by atoms with E-state index >= 15 is 0 Å². The Kier molecular flexibility index (Phi) is 4.36. The van der Waals surface area contributed by atoms with Crippen molar-refractivity contribution >= 4 is 5.69 Å². The first kappa shape index (κ1) is 12.4. The van der Waals surface area contributed by atoms with E-state index in [2.05, 4.69) is 22.3 Å². The second-order valence-electron chi connectivity index (χ2n) is 4.26. The fourth-order valence-electron chi connectivity index (χ4n) is 2.04. The van der Waals surface area contributed by atoms with Crippen LogP contribution in [0.3, 0.4) is 0 Å². The average Bonchev–Trinajstić information content (AvgIpc) is 2.40. The summed E-state index contributed by atoms with van der Waals surface area (Å²) in [6, 6.07) is 8.12. The Morgan fingerprint density at radius 2 is 1.94 bits per heavy atom. The molecule has 2 N–H and O–H groups in total. The molecule has 1 fully saturated rings. The van der Waals surface area contributed by atoms with Crippen LogP contribution in [0.4, 0.5) is 5.69 Å². The van der Waals surface area contributed by atoms with Crippen molar-refractivity contribution in [1.82, 2.24) is 5.32 Å². The fraction of sp³-hybridized carbons (Fsp3) is 0.538. The Morgan fingerprint density at radius 1 is 1.29 bits per heavy atom. The lowest BCUT2D eigenvalue weighted by Gasteiger charge is -2.29. The largest absolute Gasteiger partial charge is 0.387 e. The van der Waals surface area contributed by atoms with Gasteiger partial charge in [-0.05, 0) is 24.7 Å². The highest BCUT2D eigenvalue weighted by molar-refractivity contribution is 5.48. The standard InChI is InChI=1S/C13H20N2O2/c1-14-10-13(16)11-2-4-12(5-3-11)15-6-8-17-9-7-15/h2-5,13-14,16H,6-10H2,1H3. The number of aliphatic hydroxyl groups is 1. The van der Waals surface area contributed by atoms with Crippen molar-refractivity contribution in [3.05, 3.63) is 29.8 Å². The zero-order valence-corrected chi connectivity index (χ0v) is 10.2. The summed E-state index contributed by atoms with van der Waals surface area (Å²) in [6.45, 7) is 4.06. The van der Waals surface area contributed by atoms with Gasteiger partial charge in [0.15, 0.2) is 0 Å². The minimum Gasteiger partial charge on any atom is -0.387 e. The average molecular weight is 236 g/mol. The van der Waals surface area contributed by atoms with Crippen LogP contribution in [0.25, 0.3) is 0 Å². The third kappa shape index (κ3) is 3.19. The predicted octanol–water partition coefficient (Wildman–Crippen LogP) is 0.776. The van der Waals surface area contributed by atoms with Gasteiger partial charge in [0.1, 0.15) is 0 Å². The highest BCUT2D eigenvalue weighted by Crippen LogP contribution is 2.19. The van der Waals surface area contributed by atoms with Crippen LogP contribution >= 0.6 is 0 Å². The molecule has 4 heteroatoms. The SMILES string of the molecule is CNCC(O)c1ccc(N2CCOCC2)cc1. The van der Waals surface area contributed by atoms with E-state index < -0.39 is 6.10 Å². The van der Waals surface area contributed by atoms with Crippen LogP contribution in [0.1, 0.15) is 11.7 Å². The summed E-state index contributed by atoms with van der Waals surface area (Å²) in [6.07, 6.45) is -0.432. The molecule has 17 heavy (non-hydrogen) atoms. The van der Waals surface area contributed by atoms with Crippen LogP contribution in [0.2, 0.25) is 0 Å². The highest BCUT2D eigenvalue weighted by atomic mass is 16.5. The van der Waals surface area contributed by atoms with E-state index in [1.165, 1.54) is 5.69 Å². The molecule has 0 amide bonds. The van der Waals surface area contributed by atoms with Crippen molar-refractivity contribution < 1.29 is 9.84 Å². The molecule has 2 rings (SSSR count). The monoisotopic (exact) mass is 236 g/mol. The van der Waals surface area contributed by atoms with Crippen LogP contribution in [-0.4, -0.2) is 45.0 Å². The number of hydrogen-bond donors (Lipinski definition) is 2. The zero-order valence-electron chi connectivity index (χ0n) is 10.2. The number of ether oxygens (including phenoxy) is 1. The molecule has 1 aromatic carbocycles. The van der Waals surface area contributed by atoms with E-state index in [-0.39, 0.29) is 0 Å². The molecule has 0 radical (unpaired) electrons. The van der Waals surface area contributed by atoms with Crippen molar-refractivity contribution in [1.29, 1.82) is 0 Å². The molecule has 1 aliphatic heterocycles. The number of nitrogens with zero attached hydrogens (tertiary/aromatic N) is 1. The van der Waals surface area contributed by atoms with Gasteiger partial charge in [0.05, 0.1) is 19.3 Å². The van der Waals surface area contributed by atoms with Gasteiger partial charge in [0.25, 0.3) is 0 Å². The molecule has 1 unspecified atom stereocenters. The Balaban J connectivity index is 2.01. The van der Waals surface area contributed by atoms with Crippen molar-refractivity contribution in [3.8, 4) is 0 Å². The molecule has 1 saturated heterocycles. The van der Waals surface area contributed by atoms with E-state index in [0.717, 1.165) is 31.9 Å².